The van der Waals surface area contributed by atoms with E-state index < -0.39 is 11.9 Å². The van der Waals surface area contributed by atoms with E-state index in [0.717, 1.165) is 23.4 Å². The first-order valence-corrected chi connectivity index (χ1v) is 8.30. The Morgan fingerprint density at radius 1 is 1.48 bits per heavy atom. The van der Waals surface area contributed by atoms with E-state index >= 15 is 0 Å². The lowest BCUT2D eigenvalue weighted by molar-refractivity contribution is -0.142. The van der Waals surface area contributed by atoms with Gasteiger partial charge in [0.1, 0.15) is 0 Å². The molecule has 2 atom stereocenters. The average molecular weight is 310 g/mol. The molecule has 1 N–H and O–H groups in total. The van der Waals surface area contributed by atoms with Gasteiger partial charge in [0.2, 0.25) is 5.91 Å². The molecule has 0 bridgehead atoms. The van der Waals surface area contributed by atoms with Gasteiger partial charge in [-0.25, -0.2) is 4.98 Å². The van der Waals surface area contributed by atoms with Crippen LogP contribution in [0.2, 0.25) is 0 Å². The molecule has 0 aromatic carbocycles. The van der Waals surface area contributed by atoms with Gasteiger partial charge in [-0.05, 0) is 25.7 Å². The first-order chi connectivity index (χ1) is 10.0. The number of rotatable bonds is 6. The van der Waals surface area contributed by atoms with Crippen LogP contribution >= 0.6 is 11.3 Å². The lowest BCUT2D eigenvalue weighted by Crippen LogP contribution is -2.30. The quantitative estimate of drug-likeness (QED) is 0.875. The fraction of sp³-hybridized carbons (Fsp3) is 0.667. The Hall–Kier alpha value is -1.43. The number of hydrogen-bond acceptors (Lipinski definition) is 4. The predicted octanol–water partition coefficient (Wildman–Crippen LogP) is 2.34. The monoisotopic (exact) mass is 310 g/mol. The van der Waals surface area contributed by atoms with Crippen LogP contribution in [0, 0.1) is 18.8 Å². The molecule has 1 aromatic heterocycles. The summed E-state index contributed by atoms with van der Waals surface area (Å²) in [5.41, 5.74) is 2.78. The van der Waals surface area contributed by atoms with Crippen molar-refractivity contribution in [2.75, 3.05) is 13.1 Å². The smallest absolute Gasteiger partial charge is 0.308 e. The zero-order valence-electron chi connectivity index (χ0n) is 12.5. The van der Waals surface area contributed by atoms with Gasteiger partial charge < -0.3 is 10.0 Å². The maximum Gasteiger partial charge on any atom is 0.308 e. The molecule has 0 aliphatic carbocycles. The number of hydrogen-bond donors (Lipinski definition) is 1. The maximum atomic E-state index is 12.3. The van der Waals surface area contributed by atoms with Crippen LogP contribution < -0.4 is 0 Å². The summed E-state index contributed by atoms with van der Waals surface area (Å²) in [7, 11) is 0. The van der Waals surface area contributed by atoms with Gasteiger partial charge in [0, 0.05) is 24.4 Å². The summed E-state index contributed by atoms with van der Waals surface area (Å²) < 4.78 is 0. The molecule has 0 saturated carbocycles. The van der Waals surface area contributed by atoms with E-state index in [2.05, 4.69) is 11.9 Å². The number of carboxylic acid groups (broad SMARTS) is 1. The lowest BCUT2D eigenvalue weighted by atomic mass is 9.92. The fourth-order valence-corrected chi connectivity index (χ4v) is 3.74. The molecule has 6 heteroatoms. The second kappa shape index (κ2) is 7.02. The second-order valence-electron chi connectivity index (χ2n) is 5.65. The second-order valence-corrected chi connectivity index (χ2v) is 6.59. The van der Waals surface area contributed by atoms with Gasteiger partial charge >= 0.3 is 5.97 Å². The minimum atomic E-state index is -0.776. The van der Waals surface area contributed by atoms with Gasteiger partial charge in [-0.15, -0.1) is 11.3 Å². The minimum absolute atomic E-state index is 0.0626. The van der Waals surface area contributed by atoms with Gasteiger partial charge in [-0.3, -0.25) is 9.59 Å². The van der Waals surface area contributed by atoms with Gasteiger partial charge in [-0.2, -0.15) is 0 Å². The van der Waals surface area contributed by atoms with E-state index in [9.17, 15) is 14.7 Å². The minimum Gasteiger partial charge on any atom is -0.481 e. The molecule has 1 fully saturated rings. The molecule has 21 heavy (non-hydrogen) atoms. The van der Waals surface area contributed by atoms with Crippen LogP contribution in [0.3, 0.4) is 0 Å². The number of aliphatic carboxylic acids is 1. The van der Waals surface area contributed by atoms with Gasteiger partial charge in [0.15, 0.2) is 0 Å². The highest BCUT2D eigenvalue weighted by Gasteiger charge is 2.38. The first kappa shape index (κ1) is 15.9. The van der Waals surface area contributed by atoms with Crippen molar-refractivity contribution in [3.63, 3.8) is 0 Å². The van der Waals surface area contributed by atoms with E-state index in [4.69, 9.17) is 0 Å². The highest BCUT2D eigenvalue weighted by atomic mass is 32.1. The summed E-state index contributed by atoms with van der Waals surface area (Å²) in [6, 6.07) is 0. The van der Waals surface area contributed by atoms with E-state index in [1.165, 1.54) is 0 Å². The zero-order valence-corrected chi connectivity index (χ0v) is 13.4. The summed E-state index contributed by atoms with van der Waals surface area (Å²) in [5, 5.41) is 9.28. The molecule has 1 aromatic rings. The molecule has 2 heterocycles. The van der Waals surface area contributed by atoms with Crippen molar-refractivity contribution < 1.29 is 14.7 Å². The van der Waals surface area contributed by atoms with Gasteiger partial charge in [-0.1, -0.05) is 13.3 Å². The Labute approximate surface area is 129 Å². The van der Waals surface area contributed by atoms with Crippen molar-refractivity contribution in [1.29, 1.82) is 0 Å². The molecule has 1 saturated heterocycles. The summed E-state index contributed by atoms with van der Waals surface area (Å²) in [4.78, 5) is 30.6. The summed E-state index contributed by atoms with van der Waals surface area (Å²) in [5.74, 6) is -1.02. The SMILES string of the molecule is CCC[C@@H]1CN(C(=O)CCc2scnc2C)C[C@H]1C(=O)O. The number of likely N-dealkylation sites (tertiary alicyclic amines) is 1. The Kier molecular flexibility index (Phi) is 5.33. The van der Waals surface area contributed by atoms with Crippen molar-refractivity contribution in [2.24, 2.45) is 11.8 Å². The molecular weight excluding hydrogens is 288 g/mol. The Morgan fingerprint density at radius 2 is 2.24 bits per heavy atom. The number of carboxylic acids is 1. The molecule has 2 rings (SSSR count). The fourth-order valence-electron chi connectivity index (χ4n) is 2.96. The predicted molar refractivity (Wildman–Crippen MR) is 81.3 cm³/mol. The number of aromatic nitrogens is 1. The summed E-state index contributed by atoms with van der Waals surface area (Å²) in [6.45, 7) is 4.95. The van der Waals surface area contributed by atoms with Crippen LogP contribution in [0.1, 0.15) is 36.8 Å². The number of aryl methyl sites for hydroxylation is 2. The molecule has 116 valence electrons. The first-order valence-electron chi connectivity index (χ1n) is 7.42. The van der Waals surface area contributed by atoms with Crippen molar-refractivity contribution in [2.45, 2.75) is 39.5 Å². The highest BCUT2D eigenvalue weighted by molar-refractivity contribution is 7.09. The van der Waals surface area contributed by atoms with Crippen LogP contribution in [-0.2, 0) is 16.0 Å². The van der Waals surface area contributed by atoms with Crippen molar-refractivity contribution in [1.82, 2.24) is 9.88 Å². The highest BCUT2D eigenvalue weighted by Crippen LogP contribution is 2.28. The van der Waals surface area contributed by atoms with Crippen molar-refractivity contribution in [3.8, 4) is 0 Å². The molecule has 5 nitrogen and oxygen atoms in total. The maximum absolute atomic E-state index is 12.3. The summed E-state index contributed by atoms with van der Waals surface area (Å²) in [6.07, 6.45) is 2.96. The Bertz CT molecular complexity index is 515. The molecule has 1 amide bonds. The number of carbonyl (C=O) groups excluding carboxylic acids is 1. The number of amides is 1. The van der Waals surface area contributed by atoms with Crippen LogP contribution in [-0.4, -0.2) is 40.0 Å². The molecule has 0 radical (unpaired) electrons. The number of nitrogens with zero attached hydrogens (tertiary/aromatic N) is 2. The third-order valence-electron chi connectivity index (χ3n) is 4.18. The topological polar surface area (TPSA) is 70.5 Å². The third kappa shape index (κ3) is 3.81. The largest absolute Gasteiger partial charge is 0.481 e. The molecule has 0 spiro atoms. The van der Waals surface area contributed by atoms with Crippen LogP contribution in [0.15, 0.2) is 5.51 Å². The third-order valence-corrected chi connectivity index (χ3v) is 5.18. The van der Waals surface area contributed by atoms with Crippen molar-refractivity contribution >= 4 is 23.2 Å². The Balaban J connectivity index is 1.91. The summed E-state index contributed by atoms with van der Waals surface area (Å²) >= 11 is 1.57. The van der Waals surface area contributed by atoms with Gasteiger partial charge in [0.05, 0.1) is 17.1 Å². The normalized spacial score (nSPS) is 21.7. The van der Waals surface area contributed by atoms with E-state index in [0.29, 0.717) is 25.9 Å². The van der Waals surface area contributed by atoms with Crippen LogP contribution in [0.25, 0.3) is 0 Å². The molecule has 1 aliphatic heterocycles. The van der Waals surface area contributed by atoms with E-state index in [-0.39, 0.29) is 11.8 Å². The van der Waals surface area contributed by atoms with Crippen LogP contribution in [0.5, 0.6) is 0 Å². The van der Waals surface area contributed by atoms with Gasteiger partial charge in [0.25, 0.3) is 0 Å². The zero-order chi connectivity index (χ0) is 15.4. The van der Waals surface area contributed by atoms with E-state index in [1.807, 2.05) is 6.92 Å². The molecular formula is C15H22N2O3S. The number of carbonyl (C=O) groups is 2. The van der Waals surface area contributed by atoms with Crippen molar-refractivity contribution in [3.05, 3.63) is 16.1 Å². The average Bonchev–Trinajstić information content (AvgIpc) is 3.03. The van der Waals surface area contributed by atoms with E-state index in [1.54, 1.807) is 21.7 Å². The molecule has 0 unspecified atom stereocenters. The standard InChI is InChI=1S/C15H22N2O3S/c1-3-4-11-7-17(8-12(11)15(19)20)14(18)6-5-13-10(2)16-9-21-13/h9,11-12H,3-8H2,1-2H3,(H,19,20)/t11-,12-/m1/s1. The van der Waals surface area contributed by atoms with Crippen LogP contribution in [0.4, 0.5) is 0 Å². The molecule has 1 aliphatic rings. The number of thiazole rings is 1. The Morgan fingerprint density at radius 3 is 2.81 bits per heavy atom. The lowest BCUT2D eigenvalue weighted by Gasteiger charge is -2.16.